The van der Waals surface area contributed by atoms with Gasteiger partial charge in [0.2, 0.25) is 0 Å². The molecule has 0 bridgehead atoms. The molecule has 82 valence electrons. The topological polar surface area (TPSA) is 17.1 Å². The van der Waals surface area contributed by atoms with E-state index in [-0.39, 0.29) is 5.78 Å². The van der Waals surface area contributed by atoms with E-state index in [1.54, 1.807) is 0 Å². The van der Waals surface area contributed by atoms with Crippen LogP contribution in [0.2, 0.25) is 5.02 Å². The molecule has 3 heteroatoms. The van der Waals surface area contributed by atoms with Crippen molar-refractivity contribution in [2.75, 3.05) is 5.75 Å². The number of carbonyl (C=O) groups excluding carboxylic acids is 1. The van der Waals surface area contributed by atoms with Crippen LogP contribution in [0.4, 0.5) is 0 Å². The van der Waals surface area contributed by atoms with Crippen LogP contribution in [0.5, 0.6) is 0 Å². The molecule has 1 aromatic rings. The summed E-state index contributed by atoms with van der Waals surface area (Å²) in [6.07, 6.45) is 0.650. The monoisotopic (exact) mass is 242 g/mol. The highest BCUT2D eigenvalue weighted by molar-refractivity contribution is 8.00. The summed E-state index contributed by atoms with van der Waals surface area (Å²) in [6, 6.07) is 7.61. The Morgan fingerprint density at radius 1 is 1.40 bits per heavy atom. The third-order valence-electron chi connectivity index (χ3n) is 1.86. The second-order valence-corrected chi connectivity index (χ2v) is 5.28. The van der Waals surface area contributed by atoms with Crippen LogP contribution in [0.15, 0.2) is 29.2 Å². The van der Waals surface area contributed by atoms with Gasteiger partial charge in [0.15, 0.2) is 0 Å². The quantitative estimate of drug-likeness (QED) is 0.725. The number of rotatable bonds is 5. The Morgan fingerprint density at radius 3 is 2.67 bits per heavy atom. The van der Waals surface area contributed by atoms with Crippen molar-refractivity contribution in [1.82, 2.24) is 0 Å². The molecule has 0 atom stereocenters. The van der Waals surface area contributed by atoms with Crippen LogP contribution >= 0.6 is 23.4 Å². The van der Waals surface area contributed by atoms with Crippen LogP contribution in [0, 0.1) is 5.92 Å². The third-order valence-corrected chi connectivity index (χ3v) is 3.44. The van der Waals surface area contributed by atoms with Gasteiger partial charge < -0.3 is 0 Å². The van der Waals surface area contributed by atoms with Crippen LogP contribution in [0.25, 0.3) is 0 Å². The van der Waals surface area contributed by atoms with Crippen molar-refractivity contribution in [3.63, 3.8) is 0 Å². The Hall–Kier alpha value is -0.470. The van der Waals surface area contributed by atoms with E-state index in [0.29, 0.717) is 18.1 Å². The highest BCUT2D eigenvalue weighted by Crippen LogP contribution is 2.26. The Bertz CT molecular complexity index is 336. The number of hydrogen-bond acceptors (Lipinski definition) is 2. The normalized spacial score (nSPS) is 10.7. The lowest BCUT2D eigenvalue weighted by molar-refractivity contribution is -0.117. The molecule has 0 N–H and O–H groups in total. The molecule has 0 saturated heterocycles. The molecule has 0 aliphatic heterocycles. The molecule has 0 fully saturated rings. The zero-order valence-corrected chi connectivity index (χ0v) is 10.6. The van der Waals surface area contributed by atoms with Crippen LogP contribution < -0.4 is 0 Å². The van der Waals surface area contributed by atoms with Crippen molar-refractivity contribution in [3.05, 3.63) is 29.3 Å². The van der Waals surface area contributed by atoms with Crippen molar-refractivity contribution in [3.8, 4) is 0 Å². The number of Topliss-reactive ketones (excluding diaryl/α,β-unsaturated/α-hetero) is 1. The van der Waals surface area contributed by atoms with Crippen molar-refractivity contribution in [2.24, 2.45) is 5.92 Å². The molecular formula is C12H15ClOS. The Morgan fingerprint density at radius 2 is 2.07 bits per heavy atom. The fourth-order valence-electron chi connectivity index (χ4n) is 1.23. The van der Waals surface area contributed by atoms with Gasteiger partial charge in [0, 0.05) is 11.3 Å². The number of carbonyl (C=O) groups is 1. The van der Waals surface area contributed by atoms with Gasteiger partial charge in [0.05, 0.1) is 10.8 Å². The predicted octanol–water partition coefficient (Wildman–Crippen LogP) is 4.05. The summed E-state index contributed by atoms with van der Waals surface area (Å²) in [6.45, 7) is 4.11. The molecule has 1 aromatic carbocycles. The van der Waals surface area contributed by atoms with Gasteiger partial charge in [-0.3, -0.25) is 4.79 Å². The largest absolute Gasteiger partial charge is 0.299 e. The molecule has 15 heavy (non-hydrogen) atoms. The molecule has 0 aliphatic carbocycles. The number of halogens is 1. The molecular weight excluding hydrogens is 228 g/mol. The van der Waals surface area contributed by atoms with Crippen LogP contribution in [0.3, 0.4) is 0 Å². The Balaban J connectivity index is 2.44. The second kappa shape index (κ2) is 6.19. The smallest absolute Gasteiger partial charge is 0.143 e. The minimum atomic E-state index is 0.287. The summed E-state index contributed by atoms with van der Waals surface area (Å²) in [4.78, 5) is 12.5. The number of thioether (sulfide) groups is 1. The summed E-state index contributed by atoms with van der Waals surface area (Å²) >= 11 is 7.50. The lowest BCUT2D eigenvalue weighted by Gasteiger charge is -2.05. The molecule has 0 aliphatic rings. The SMILES string of the molecule is CC(C)CC(=O)CSc1ccccc1Cl. The van der Waals surface area contributed by atoms with Gasteiger partial charge in [-0.15, -0.1) is 11.8 Å². The highest BCUT2D eigenvalue weighted by atomic mass is 35.5. The van der Waals surface area contributed by atoms with Crippen LogP contribution in [-0.2, 0) is 4.79 Å². The molecule has 1 rings (SSSR count). The highest BCUT2D eigenvalue weighted by Gasteiger charge is 2.07. The first kappa shape index (κ1) is 12.6. The Labute approximate surface area is 100 Å². The summed E-state index contributed by atoms with van der Waals surface area (Å²) in [5, 5.41) is 0.722. The van der Waals surface area contributed by atoms with Gasteiger partial charge in [-0.2, -0.15) is 0 Å². The average Bonchev–Trinajstić information content (AvgIpc) is 2.15. The third kappa shape index (κ3) is 4.72. The van der Waals surface area contributed by atoms with Crippen LogP contribution in [0.1, 0.15) is 20.3 Å². The fraction of sp³-hybridized carbons (Fsp3) is 0.417. The summed E-state index contributed by atoms with van der Waals surface area (Å²) in [7, 11) is 0. The van der Waals surface area contributed by atoms with Gasteiger partial charge in [-0.05, 0) is 18.1 Å². The average molecular weight is 243 g/mol. The standard InChI is InChI=1S/C12H15ClOS/c1-9(2)7-10(14)8-15-12-6-4-3-5-11(12)13/h3-6,9H,7-8H2,1-2H3. The van der Waals surface area contributed by atoms with E-state index in [1.807, 2.05) is 24.3 Å². The molecule has 0 aromatic heterocycles. The van der Waals surface area contributed by atoms with Crippen LogP contribution in [-0.4, -0.2) is 11.5 Å². The minimum Gasteiger partial charge on any atom is -0.299 e. The van der Waals surface area contributed by atoms with E-state index in [4.69, 9.17) is 11.6 Å². The molecule has 0 spiro atoms. The molecule has 0 amide bonds. The van der Waals surface area contributed by atoms with Gasteiger partial charge >= 0.3 is 0 Å². The summed E-state index contributed by atoms with van der Waals surface area (Å²) < 4.78 is 0. The van der Waals surface area contributed by atoms with E-state index >= 15 is 0 Å². The predicted molar refractivity (Wildman–Crippen MR) is 66.6 cm³/mol. The second-order valence-electron chi connectivity index (χ2n) is 3.86. The first-order valence-corrected chi connectivity index (χ1v) is 6.35. The van der Waals surface area contributed by atoms with Crippen molar-refractivity contribution in [1.29, 1.82) is 0 Å². The molecule has 0 radical (unpaired) electrons. The maximum absolute atomic E-state index is 11.5. The number of ketones is 1. The van der Waals surface area contributed by atoms with Gasteiger partial charge in [0.25, 0.3) is 0 Å². The maximum Gasteiger partial charge on any atom is 0.143 e. The minimum absolute atomic E-state index is 0.287. The molecule has 0 saturated carbocycles. The van der Waals surface area contributed by atoms with E-state index in [2.05, 4.69) is 13.8 Å². The van der Waals surface area contributed by atoms with Crippen molar-refractivity contribution >= 4 is 29.1 Å². The van der Waals surface area contributed by atoms with E-state index in [0.717, 1.165) is 9.92 Å². The summed E-state index contributed by atoms with van der Waals surface area (Å²) in [5.41, 5.74) is 0. The first-order chi connectivity index (χ1) is 7.09. The molecule has 0 heterocycles. The zero-order chi connectivity index (χ0) is 11.3. The van der Waals surface area contributed by atoms with Gasteiger partial charge in [-0.25, -0.2) is 0 Å². The van der Waals surface area contributed by atoms with Crippen molar-refractivity contribution in [2.45, 2.75) is 25.2 Å². The lowest BCUT2D eigenvalue weighted by atomic mass is 10.1. The van der Waals surface area contributed by atoms with Gasteiger partial charge in [0.1, 0.15) is 5.78 Å². The summed E-state index contributed by atoms with van der Waals surface area (Å²) in [5.74, 6) is 1.24. The van der Waals surface area contributed by atoms with E-state index < -0.39 is 0 Å². The van der Waals surface area contributed by atoms with E-state index in [1.165, 1.54) is 11.8 Å². The molecule has 1 nitrogen and oxygen atoms in total. The number of benzene rings is 1. The van der Waals surface area contributed by atoms with Crippen molar-refractivity contribution < 1.29 is 4.79 Å². The maximum atomic E-state index is 11.5. The van der Waals surface area contributed by atoms with E-state index in [9.17, 15) is 4.79 Å². The fourth-order valence-corrected chi connectivity index (χ4v) is 2.35. The Kier molecular flexibility index (Phi) is 5.20. The zero-order valence-electron chi connectivity index (χ0n) is 9.00. The number of hydrogen-bond donors (Lipinski definition) is 0. The van der Waals surface area contributed by atoms with Gasteiger partial charge in [-0.1, -0.05) is 37.6 Å². The lowest BCUT2D eigenvalue weighted by Crippen LogP contribution is -2.05. The molecule has 0 unspecified atom stereocenters. The first-order valence-electron chi connectivity index (χ1n) is 4.98.